The van der Waals surface area contributed by atoms with Gasteiger partial charge >= 0.3 is 6.36 Å². The van der Waals surface area contributed by atoms with Crippen LogP contribution in [-0.4, -0.2) is 6.36 Å². The molecule has 0 atom stereocenters. The molecule has 0 heterocycles. The average Bonchev–Trinajstić information content (AvgIpc) is 2.05. The second kappa shape index (κ2) is 4.13. The van der Waals surface area contributed by atoms with E-state index in [-0.39, 0.29) is 11.7 Å². The number of benzene rings is 1. The molecule has 0 amide bonds. The molecule has 1 nitrogen and oxygen atoms in total. The first kappa shape index (κ1) is 11.9. The van der Waals surface area contributed by atoms with Crippen LogP contribution >= 0.6 is 0 Å². The van der Waals surface area contributed by atoms with Crippen LogP contribution in [-0.2, 0) is 0 Å². The van der Waals surface area contributed by atoms with Crippen LogP contribution in [0.2, 0.25) is 0 Å². The summed E-state index contributed by atoms with van der Waals surface area (Å²) in [5.74, 6) is -0.0674. The summed E-state index contributed by atoms with van der Waals surface area (Å²) in [5.41, 5.74) is 1.07. The van der Waals surface area contributed by atoms with Crippen molar-refractivity contribution in [2.75, 3.05) is 0 Å². The van der Waals surface area contributed by atoms with Gasteiger partial charge in [0.15, 0.2) is 0 Å². The summed E-state index contributed by atoms with van der Waals surface area (Å²) in [5, 5.41) is 0. The molecule has 0 spiro atoms. The number of rotatable bonds is 2. The molecule has 0 aromatic heterocycles. The Morgan fingerprint density at radius 2 is 1.80 bits per heavy atom. The first-order valence-electron chi connectivity index (χ1n) is 4.66. The van der Waals surface area contributed by atoms with E-state index in [0.29, 0.717) is 11.1 Å². The predicted octanol–water partition coefficient (Wildman–Crippen LogP) is 4.02. The third-order valence-electron chi connectivity index (χ3n) is 2.08. The van der Waals surface area contributed by atoms with E-state index in [0.717, 1.165) is 0 Å². The van der Waals surface area contributed by atoms with Gasteiger partial charge in [-0.15, -0.1) is 13.2 Å². The number of hydrogen-bond acceptors (Lipinski definition) is 1. The Hall–Kier alpha value is -1.19. The van der Waals surface area contributed by atoms with Crippen LogP contribution in [0.5, 0.6) is 5.75 Å². The van der Waals surface area contributed by atoms with Crippen molar-refractivity contribution in [3.8, 4) is 5.75 Å². The molecule has 4 heteroatoms. The molecule has 0 N–H and O–H groups in total. The molecule has 0 saturated carbocycles. The van der Waals surface area contributed by atoms with E-state index < -0.39 is 6.36 Å². The predicted molar refractivity (Wildman–Crippen MR) is 52.0 cm³/mol. The highest BCUT2D eigenvalue weighted by Gasteiger charge is 2.33. The minimum absolute atomic E-state index is 0.00208. The number of ether oxygens (including phenoxy) is 1. The second-order valence-electron chi connectivity index (χ2n) is 3.70. The van der Waals surface area contributed by atoms with Crippen LogP contribution in [0.3, 0.4) is 0 Å². The Bertz CT molecular complexity index is 342. The summed E-state index contributed by atoms with van der Waals surface area (Å²) in [6.07, 6.45) is -4.63. The lowest BCUT2D eigenvalue weighted by atomic mass is 10.00. The van der Waals surface area contributed by atoms with Crippen LogP contribution in [0.15, 0.2) is 18.2 Å². The summed E-state index contributed by atoms with van der Waals surface area (Å²) in [4.78, 5) is 0. The third kappa shape index (κ3) is 3.15. The van der Waals surface area contributed by atoms with E-state index in [1.807, 2.05) is 13.8 Å². The van der Waals surface area contributed by atoms with Crippen LogP contribution in [0, 0.1) is 6.92 Å². The molecule has 1 aromatic rings. The van der Waals surface area contributed by atoms with Crippen molar-refractivity contribution in [3.63, 3.8) is 0 Å². The molecular formula is C11H13F3O. The van der Waals surface area contributed by atoms with E-state index in [4.69, 9.17) is 0 Å². The quantitative estimate of drug-likeness (QED) is 0.728. The van der Waals surface area contributed by atoms with Crippen molar-refractivity contribution >= 4 is 0 Å². The molecule has 0 radical (unpaired) electrons. The molecule has 0 fully saturated rings. The fourth-order valence-electron chi connectivity index (χ4n) is 1.38. The molecule has 1 aromatic carbocycles. The number of para-hydroxylation sites is 1. The first-order valence-corrected chi connectivity index (χ1v) is 4.66. The minimum Gasteiger partial charge on any atom is -0.405 e. The molecule has 0 unspecified atom stereocenters. The molecule has 0 aliphatic heterocycles. The molecule has 0 bridgehead atoms. The highest BCUT2D eigenvalue weighted by atomic mass is 19.4. The average molecular weight is 218 g/mol. The Balaban J connectivity index is 3.14. The lowest BCUT2D eigenvalue weighted by Crippen LogP contribution is -2.19. The van der Waals surface area contributed by atoms with Crippen molar-refractivity contribution < 1.29 is 17.9 Å². The smallest absolute Gasteiger partial charge is 0.405 e. The topological polar surface area (TPSA) is 9.23 Å². The Morgan fingerprint density at radius 3 is 2.27 bits per heavy atom. The Kier molecular flexibility index (Phi) is 3.27. The molecule has 0 aliphatic carbocycles. The van der Waals surface area contributed by atoms with Crippen molar-refractivity contribution in [2.24, 2.45) is 0 Å². The van der Waals surface area contributed by atoms with Gasteiger partial charge in [-0.25, -0.2) is 0 Å². The van der Waals surface area contributed by atoms with E-state index in [1.165, 1.54) is 0 Å². The van der Waals surface area contributed by atoms with Gasteiger partial charge in [0, 0.05) is 0 Å². The van der Waals surface area contributed by atoms with E-state index in [9.17, 15) is 13.2 Å². The molecule has 0 saturated heterocycles. The van der Waals surface area contributed by atoms with Crippen molar-refractivity contribution in [2.45, 2.75) is 33.1 Å². The molecule has 0 aliphatic rings. The zero-order valence-corrected chi connectivity index (χ0v) is 8.85. The highest BCUT2D eigenvalue weighted by molar-refractivity contribution is 5.42. The SMILES string of the molecule is Cc1cccc(C(C)C)c1OC(F)(F)F. The van der Waals surface area contributed by atoms with Crippen LogP contribution in [0.25, 0.3) is 0 Å². The van der Waals surface area contributed by atoms with E-state index in [1.54, 1.807) is 25.1 Å². The zero-order valence-electron chi connectivity index (χ0n) is 8.85. The lowest BCUT2D eigenvalue weighted by molar-refractivity contribution is -0.275. The van der Waals surface area contributed by atoms with Gasteiger partial charge in [0.25, 0.3) is 0 Å². The molecule has 1 rings (SSSR count). The van der Waals surface area contributed by atoms with Crippen LogP contribution in [0.1, 0.15) is 30.9 Å². The van der Waals surface area contributed by atoms with Gasteiger partial charge in [-0.1, -0.05) is 32.0 Å². The van der Waals surface area contributed by atoms with E-state index >= 15 is 0 Å². The summed E-state index contributed by atoms with van der Waals surface area (Å²) in [7, 11) is 0. The maximum Gasteiger partial charge on any atom is 0.573 e. The standard InChI is InChI=1S/C11H13F3O/c1-7(2)9-6-4-5-8(3)10(9)15-11(12,13)14/h4-7H,1-3H3. The maximum atomic E-state index is 12.1. The van der Waals surface area contributed by atoms with Crippen molar-refractivity contribution in [3.05, 3.63) is 29.3 Å². The lowest BCUT2D eigenvalue weighted by Gasteiger charge is -2.17. The van der Waals surface area contributed by atoms with Crippen LogP contribution in [0.4, 0.5) is 13.2 Å². The third-order valence-corrected chi connectivity index (χ3v) is 2.08. The number of aryl methyl sites for hydroxylation is 1. The van der Waals surface area contributed by atoms with Crippen molar-refractivity contribution in [1.82, 2.24) is 0 Å². The zero-order chi connectivity index (χ0) is 11.6. The first-order chi connectivity index (χ1) is 6.81. The Labute approximate surface area is 86.9 Å². The summed E-state index contributed by atoms with van der Waals surface area (Å²) in [6.45, 7) is 5.27. The summed E-state index contributed by atoms with van der Waals surface area (Å²) < 4.78 is 40.5. The normalized spacial score (nSPS) is 11.9. The maximum absolute atomic E-state index is 12.1. The Morgan fingerprint density at radius 1 is 1.20 bits per heavy atom. The van der Waals surface area contributed by atoms with Crippen LogP contribution < -0.4 is 4.74 Å². The molecular weight excluding hydrogens is 205 g/mol. The number of alkyl halides is 3. The molecule has 15 heavy (non-hydrogen) atoms. The fraction of sp³-hybridized carbons (Fsp3) is 0.455. The fourth-order valence-corrected chi connectivity index (χ4v) is 1.38. The summed E-state index contributed by atoms with van der Waals surface area (Å²) >= 11 is 0. The molecule has 84 valence electrons. The van der Waals surface area contributed by atoms with Gasteiger partial charge in [-0.05, 0) is 24.0 Å². The monoisotopic (exact) mass is 218 g/mol. The van der Waals surface area contributed by atoms with Gasteiger partial charge in [0.1, 0.15) is 5.75 Å². The largest absolute Gasteiger partial charge is 0.573 e. The van der Waals surface area contributed by atoms with Gasteiger partial charge in [-0.3, -0.25) is 0 Å². The van der Waals surface area contributed by atoms with Gasteiger partial charge in [0.05, 0.1) is 0 Å². The van der Waals surface area contributed by atoms with Gasteiger partial charge < -0.3 is 4.74 Å². The van der Waals surface area contributed by atoms with Gasteiger partial charge in [-0.2, -0.15) is 0 Å². The van der Waals surface area contributed by atoms with E-state index in [2.05, 4.69) is 4.74 Å². The van der Waals surface area contributed by atoms with Gasteiger partial charge in [0.2, 0.25) is 0 Å². The summed E-state index contributed by atoms with van der Waals surface area (Å²) in [6, 6.07) is 4.99. The minimum atomic E-state index is -4.63. The highest BCUT2D eigenvalue weighted by Crippen LogP contribution is 2.33. The number of halogens is 3. The second-order valence-corrected chi connectivity index (χ2v) is 3.70. The number of hydrogen-bond donors (Lipinski definition) is 0. The van der Waals surface area contributed by atoms with Crippen molar-refractivity contribution in [1.29, 1.82) is 0 Å².